The molecule has 2 N–H and O–H groups in total. The molecule has 1 fully saturated rings. The minimum atomic E-state index is 0.381. The van der Waals surface area contributed by atoms with E-state index in [1.807, 2.05) is 6.07 Å². The fourth-order valence-electron chi connectivity index (χ4n) is 2.58. The molecule has 1 aromatic rings. The van der Waals surface area contributed by atoms with Gasteiger partial charge in [-0.05, 0) is 37.8 Å². The van der Waals surface area contributed by atoms with Crippen LogP contribution in [-0.4, -0.2) is 22.6 Å². The molecule has 0 saturated carbocycles. The normalized spacial score (nSPS) is 24.7. The number of piperidine rings is 1. The van der Waals surface area contributed by atoms with Crippen molar-refractivity contribution in [1.29, 1.82) is 0 Å². The van der Waals surface area contributed by atoms with Gasteiger partial charge in [0, 0.05) is 18.8 Å². The number of aromatic nitrogens is 1. The first-order valence-electron chi connectivity index (χ1n) is 6.11. The molecule has 0 amide bonds. The Bertz CT molecular complexity index is 419. The van der Waals surface area contributed by atoms with Crippen LogP contribution in [0.1, 0.15) is 32.4 Å². The molecule has 2 unspecified atom stereocenters. The average Bonchev–Trinajstić information content (AvgIpc) is 2.29. The van der Waals surface area contributed by atoms with Crippen LogP contribution >= 0.6 is 12.2 Å². The molecule has 2 heterocycles. The molecule has 0 radical (unpaired) electrons. The summed E-state index contributed by atoms with van der Waals surface area (Å²) in [4.78, 5) is 7.06. The molecule has 3 nitrogen and oxygen atoms in total. The third-order valence-electron chi connectivity index (χ3n) is 3.47. The number of pyridine rings is 1. The van der Waals surface area contributed by atoms with Crippen molar-refractivity contribution in [2.24, 2.45) is 11.7 Å². The van der Waals surface area contributed by atoms with Gasteiger partial charge in [0.25, 0.3) is 0 Å². The second-order valence-electron chi connectivity index (χ2n) is 4.91. The first-order valence-corrected chi connectivity index (χ1v) is 6.52. The SMILES string of the molecule is CC1CCN(c2cccnc2C(N)=S)C(C)C1. The summed E-state index contributed by atoms with van der Waals surface area (Å²) in [6.07, 6.45) is 4.18. The number of nitrogens with two attached hydrogens (primary N) is 1. The largest absolute Gasteiger partial charge is 0.388 e. The van der Waals surface area contributed by atoms with Crippen molar-refractivity contribution in [2.75, 3.05) is 11.4 Å². The summed E-state index contributed by atoms with van der Waals surface area (Å²) in [6.45, 7) is 5.63. The number of anilines is 1. The Morgan fingerprint density at radius 1 is 1.53 bits per heavy atom. The summed E-state index contributed by atoms with van der Waals surface area (Å²) in [6, 6.07) is 4.53. The molecule has 2 rings (SSSR count). The van der Waals surface area contributed by atoms with Crippen LogP contribution < -0.4 is 10.6 Å². The molecular weight excluding hydrogens is 230 g/mol. The molecule has 1 aliphatic rings. The van der Waals surface area contributed by atoms with Crippen LogP contribution in [0.2, 0.25) is 0 Å². The summed E-state index contributed by atoms with van der Waals surface area (Å²) in [7, 11) is 0. The predicted octanol–water partition coefficient (Wildman–Crippen LogP) is 2.34. The minimum absolute atomic E-state index is 0.381. The first-order chi connectivity index (χ1) is 8.09. The number of rotatable bonds is 2. The molecular formula is C13H19N3S. The van der Waals surface area contributed by atoms with E-state index in [1.165, 1.54) is 12.8 Å². The molecule has 0 bridgehead atoms. The molecule has 92 valence electrons. The van der Waals surface area contributed by atoms with Crippen molar-refractivity contribution >= 4 is 22.9 Å². The van der Waals surface area contributed by atoms with Crippen molar-refractivity contribution in [3.8, 4) is 0 Å². The van der Waals surface area contributed by atoms with Crippen molar-refractivity contribution in [3.63, 3.8) is 0 Å². The van der Waals surface area contributed by atoms with Crippen LogP contribution in [0.25, 0.3) is 0 Å². The molecule has 0 aliphatic carbocycles. The average molecular weight is 249 g/mol. The second kappa shape index (κ2) is 5.00. The molecule has 4 heteroatoms. The highest BCUT2D eigenvalue weighted by atomic mass is 32.1. The van der Waals surface area contributed by atoms with Crippen molar-refractivity contribution < 1.29 is 0 Å². The Balaban J connectivity index is 2.30. The Morgan fingerprint density at radius 3 is 2.94 bits per heavy atom. The zero-order valence-corrected chi connectivity index (χ0v) is 11.2. The number of thiocarbonyl (C=S) groups is 1. The van der Waals surface area contributed by atoms with Crippen LogP contribution in [-0.2, 0) is 0 Å². The first kappa shape index (κ1) is 12.3. The fraction of sp³-hybridized carbons (Fsp3) is 0.538. The molecule has 2 atom stereocenters. The molecule has 0 aromatic carbocycles. The van der Waals surface area contributed by atoms with Gasteiger partial charge in [-0.2, -0.15) is 0 Å². The Hall–Kier alpha value is -1.16. The van der Waals surface area contributed by atoms with Crippen LogP contribution in [0.3, 0.4) is 0 Å². The third kappa shape index (κ3) is 2.57. The van der Waals surface area contributed by atoms with E-state index in [-0.39, 0.29) is 0 Å². The van der Waals surface area contributed by atoms with E-state index in [0.29, 0.717) is 11.0 Å². The summed E-state index contributed by atoms with van der Waals surface area (Å²) in [5.74, 6) is 0.797. The monoisotopic (exact) mass is 249 g/mol. The summed E-state index contributed by atoms with van der Waals surface area (Å²) in [5, 5.41) is 0. The van der Waals surface area contributed by atoms with Crippen LogP contribution in [0.15, 0.2) is 18.3 Å². The zero-order valence-electron chi connectivity index (χ0n) is 10.4. The Labute approximate surface area is 108 Å². The number of hydrogen-bond acceptors (Lipinski definition) is 3. The maximum Gasteiger partial charge on any atom is 0.124 e. The van der Waals surface area contributed by atoms with E-state index in [4.69, 9.17) is 18.0 Å². The van der Waals surface area contributed by atoms with E-state index in [0.717, 1.165) is 23.8 Å². The molecule has 17 heavy (non-hydrogen) atoms. The standard InChI is InChI=1S/C13H19N3S/c1-9-5-7-16(10(2)8-9)11-4-3-6-15-12(11)13(14)17/h3-4,6,9-10H,5,7-8H2,1-2H3,(H2,14,17). The van der Waals surface area contributed by atoms with Crippen LogP contribution in [0, 0.1) is 5.92 Å². The lowest BCUT2D eigenvalue weighted by Gasteiger charge is -2.38. The van der Waals surface area contributed by atoms with Gasteiger partial charge in [0.15, 0.2) is 0 Å². The van der Waals surface area contributed by atoms with Crippen molar-refractivity contribution in [1.82, 2.24) is 4.98 Å². The molecule has 1 aliphatic heterocycles. The highest BCUT2D eigenvalue weighted by molar-refractivity contribution is 7.80. The van der Waals surface area contributed by atoms with Gasteiger partial charge in [0.2, 0.25) is 0 Å². The highest BCUT2D eigenvalue weighted by Gasteiger charge is 2.25. The summed E-state index contributed by atoms with van der Waals surface area (Å²) in [5.41, 5.74) is 7.57. The molecule has 1 aromatic heterocycles. The van der Waals surface area contributed by atoms with Gasteiger partial charge >= 0.3 is 0 Å². The fourth-order valence-corrected chi connectivity index (χ4v) is 2.74. The van der Waals surface area contributed by atoms with Crippen molar-refractivity contribution in [3.05, 3.63) is 24.0 Å². The lowest BCUT2D eigenvalue weighted by molar-refractivity contribution is 0.377. The van der Waals surface area contributed by atoms with Gasteiger partial charge in [0.05, 0.1) is 5.69 Å². The lowest BCUT2D eigenvalue weighted by atomic mass is 9.93. The molecule has 0 spiro atoms. The zero-order chi connectivity index (χ0) is 12.4. The summed E-state index contributed by atoms with van der Waals surface area (Å²) >= 11 is 5.07. The quantitative estimate of drug-likeness (QED) is 0.817. The Morgan fingerprint density at radius 2 is 2.29 bits per heavy atom. The topological polar surface area (TPSA) is 42.2 Å². The van der Waals surface area contributed by atoms with Gasteiger partial charge in [-0.15, -0.1) is 0 Å². The van der Waals surface area contributed by atoms with E-state index in [1.54, 1.807) is 6.20 Å². The Kier molecular flexibility index (Phi) is 3.62. The third-order valence-corrected chi connectivity index (χ3v) is 3.66. The van der Waals surface area contributed by atoms with E-state index in [2.05, 4.69) is 29.8 Å². The predicted molar refractivity (Wildman–Crippen MR) is 75.3 cm³/mol. The number of nitrogens with zero attached hydrogens (tertiary/aromatic N) is 2. The minimum Gasteiger partial charge on any atom is -0.388 e. The lowest BCUT2D eigenvalue weighted by Crippen LogP contribution is -2.41. The second-order valence-corrected chi connectivity index (χ2v) is 5.35. The number of hydrogen-bond donors (Lipinski definition) is 1. The van der Waals surface area contributed by atoms with Gasteiger partial charge in [-0.25, -0.2) is 0 Å². The van der Waals surface area contributed by atoms with E-state index < -0.39 is 0 Å². The maximum absolute atomic E-state index is 5.74. The van der Waals surface area contributed by atoms with Crippen molar-refractivity contribution in [2.45, 2.75) is 32.7 Å². The highest BCUT2D eigenvalue weighted by Crippen LogP contribution is 2.29. The van der Waals surface area contributed by atoms with Gasteiger partial charge in [-0.1, -0.05) is 19.1 Å². The van der Waals surface area contributed by atoms with Gasteiger partial charge < -0.3 is 10.6 Å². The van der Waals surface area contributed by atoms with Gasteiger partial charge in [-0.3, -0.25) is 4.98 Å². The molecule has 1 saturated heterocycles. The van der Waals surface area contributed by atoms with E-state index in [9.17, 15) is 0 Å². The van der Waals surface area contributed by atoms with E-state index >= 15 is 0 Å². The smallest absolute Gasteiger partial charge is 0.124 e. The van der Waals surface area contributed by atoms with Crippen LogP contribution in [0.4, 0.5) is 5.69 Å². The maximum atomic E-state index is 5.74. The van der Waals surface area contributed by atoms with Crippen LogP contribution in [0.5, 0.6) is 0 Å². The van der Waals surface area contributed by atoms with Gasteiger partial charge in [0.1, 0.15) is 10.7 Å². The summed E-state index contributed by atoms with van der Waals surface area (Å²) < 4.78 is 0.